The second-order valence-corrected chi connectivity index (χ2v) is 9.41. The number of benzene rings is 1. The first-order valence-corrected chi connectivity index (χ1v) is 12.5. The molecule has 1 aliphatic rings. The number of rotatable bonds is 12. The zero-order valence-corrected chi connectivity index (χ0v) is 21.7. The molecule has 0 saturated carbocycles. The number of likely N-dealkylation sites (tertiary alicyclic amines) is 1. The highest BCUT2D eigenvalue weighted by Gasteiger charge is 2.38. The summed E-state index contributed by atoms with van der Waals surface area (Å²) in [6.07, 6.45) is -6.04. The van der Waals surface area contributed by atoms with Crippen molar-refractivity contribution in [2.75, 3.05) is 13.7 Å². The Morgan fingerprint density at radius 2 is 1.92 bits per heavy atom. The fourth-order valence-electron chi connectivity index (χ4n) is 4.05. The summed E-state index contributed by atoms with van der Waals surface area (Å²) >= 11 is 0. The number of hydrogen-bond donors (Lipinski definition) is 4. The maximum absolute atomic E-state index is 13.2. The smallest absolute Gasteiger partial charge is 0.406 e. The summed E-state index contributed by atoms with van der Waals surface area (Å²) in [5.41, 5.74) is 0.417. The van der Waals surface area contributed by atoms with Crippen molar-refractivity contribution in [1.29, 1.82) is 0 Å². The summed E-state index contributed by atoms with van der Waals surface area (Å²) in [7, 11) is 1.15. The van der Waals surface area contributed by atoms with Crippen molar-refractivity contribution in [3.63, 3.8) is 0 Å². The molecule has 12 heteroatoms. The van der Waals surface area contributed by atoms with Gasteiger partial charge in [0.15, 0.2) is 6.10 Å². The summed E-state index contributed by atoms with van der Waals surface area (Å²) in [5, 5.41) is 33.6. The van der Waals surface area contributed by atoms with Gasteiger partial charge in [-0.05, 0) is 42.9 Å². The highest BCUT2D eigenvalue weighted by Crippen LogP contribution is 2.24. The van der Waals surface area contributed by atoms with E-state index in [9.17, 15) is 38.1 Å². The van der Waals surface area contributed by atoms with E-state index in [0.717, 1.165) is 19.6 Å². The molecule has 1 aliphatic heterocycles. The molecule has 1 fully saturated rings. The van der Waals surface area contributed by atoms with E-state index in [0.29, 0.717) is 31.4 Å². The van der Waals surface area contributed by atoms with E-state index in [1.54, 1.807) is 12.1 Å². The number of alkyl halides is 3. The lowest BCUT2D eigenvalue weighted by Crippen LogP contribution is -2.55. The molecule has 0 spiro atoms. The Bertz CT molecular complexity index is 944. The van der Waals surface area contributed by atoms with E-state index in [2.05, 4.69) is 10.1 Å². The van der Waals surface area contributed by atoms with E-state index in [1.165, 1.54) is 23.1 Å². The molecule has 0 aliphatic carbocycles. The van der Waals surface area contributed by atoms with Gasteiger partial charge in [-0.1, -0.05) is 44.6 Å². The minimum Gasteiger partial charge on any atom is -0.406 e. The second-order valence-electron chi connectivity index (χ2n) is 9.41. The minimum atomic E-state index is -4.84. The normalized spacial score (nSPS) is 20.9. The van der Waals surface area contributed by atoms with Crippen LogP contribution in [0.2, 0.25) is 0 Å². The second kappa shape index (κ2) is 14.5. The molecule has 1 aromatic carbocycles. The number of carbonyl (C=O) groups excluding carboxylic acids is 2. The Kier molecular flexibility index (Phi) is 12.0. The average Bonchev–Trinajstić information content (AvgIpc) is 3.02. The van der Waals surface area contributed by atoms with Gasteiger partial charge in [0.25, 0.3) is 5.91 Å². The lowest BCUT2D eigenvalue weighted by atomic mass is 9.99. The first kappa shape index (κ1) is 31.5. The third-order valence-corrected chi connectivity index (χ3v) is 6.41. The van der Waals surface area contributed by atoms with Crippen LogP contribution in [0.4, 0.5) is 13.2 Å². The maximum Gasteiger partial charge on any atom is 0.573 e. The van der Waals surface area contributed by atoms with Crippen LogP contribution in [0.3, 0.4) is 0 Å². The van der Waals surface area contributed by atoms with Gasteiger partial charge in [-0.2, -0.15) is 0 Å². The predicted octanol–water partition coefficient (Wildman–Crippen LogP) is 2.28. The third kappa shape index (κ3) is 9.57. The molecular formula is C26H37F3N2O7. The number of nitrogens with one attached hydrogen (secondary N) is 1. The Balaban J connectivity index is 2.07. The van der Waals surface area contributed by atoms with Gasteiger partial charge in [0, 0.05) is 20.2 Å². The number of allylic oxidation sites excluding steroid dienone is 1. The number of methoxy groups -OCH3 is 1. The predicted molar refractivity (Wildman–Crippen MR) is 132 cm³/mol. The zero-order chi connectivity index (χ0) is 28.5. The van der Waals surface area contributed by atoms with Crippen LogP contribution in [0.1, 0.15) is 45.1 Å². The van der Waals surface area contributed by atoms with Crippen LogP contribution in [-0.2, 0) is 20.9 Å². The molecule has 2 rings (SSSR count). The van der Waals surface area contributed by atoms with E-state index in [4.69, 9.17) is 4.74 Å². The molecule has 1 unspecified atom stereocenters. The monoisotopic (exact) mass is 546 g/mol. The van der Waals surface area contributed by atoms with Gasteiger partial charge in [0.1, 0.15) is 30.1 Å². The van der Waals surface area contributed by atoms with Gasteiger partial charge >= 0.3 is 6.36 Å². The SMILES string of the molecule is CCC(C)/C=C/[C@@H](O)[C@H](O)[C@@H](O)[C@@H](OC)C(=O)N[C@H]1CCCCN(Cc2cccc(OC(F)(F)F)c2)C1=O. The van der Waals surface area contributed by atoms with Crippen LogP contribution in [0.5, 0.6) is 5.75 Å². The molecule has 1 aromatic rings. The van der Waals surface area contributed by atoms with Crippen molar-refractivity contribution in [2.45, 2.75) is 82.9 Å². The fourth-order valence-corrected chi connectivity index (χ4v) is 4.05. The standard InChI is InChI=1S/C26H37F3N2O7/c1-4-16(2)11-12-20(32)21(33)22(34)23(37-3)24(35)30-19-10-5-6-13-31(25(19)36)15-17-8-7-9-18(14-17)38-26(27,28)29/h7-9,11-12,14,16,19-23,32-34H,4-6,10,13,15H2,1-3H3,(H,30,35)/b12-11+/t16?,19-,20+,21-,22+,23+/m0/s1. The number of hydrogen-bond acceptors (Lipinski definition) is 7. The van der Waals surface area contributed by atoms with Crippen molar-refractivity contribution < 1.29 is 47.6 Å². The molecule has 4 N–H and O–H groups in total. The molecule has 1 heterocycles. The summed E-state index contributed by atoms with van der Waals surface area (Å²) in [6.45, 7) is 4.20. The first-order valence-electron chi connectivity index (χ1n) is 12.5. The summed E-state index contributed by atoms with van der Waals surface area (Å²) in [5.74, 6) is -1.56. The van der Waals surface area contributed by atoms with E-state index in [-0.39, 0.29) is 12.5 Å². The summed E-state index contributed by atoms with van der Waals surface area (Å²) in [4.78, 5) is 27.6. The maximum atomic E-state index is 13.2. The number of halogens is 3. The van der Waals surface area contributed by atoms with Gasteiger partial charge < -0.3 is 35.0 Å². The van der Waals surface area contributed by atoms with Crippen LogP contribution in [0, 0.1) is 5.92 Å². The van der Waals surface area contributed by atoms with Crippen LogP contribution < -0.4 is 10.1 Å². The molecular weight excluding hydrogens is 509 g/mol. The highest BCUT2D eigenvalue weighted by molar-refractivity contribution is 5.89. The van der Waals surface area contributed by atoms with Crippen molar-refractivity contribution >= 4 is 11.8 Å². The van der Waals surface area contributed by atoms with Crippen LogP contribution in [-0.4, -0.2) is 82.5 Å². The fraction of sp³-hybridized carbons (Fsp3) is 0.615. The lowest BCUT2D eigenvalue weighted by molar-refractivity contribution is -0.274. The molecule has 9 nitrogen and oxygen atoms in total. The Morgan fingerprint density at radius 1 is 1.21 bits per heavy atom. The molecule has 214 valence electrons. The van der Waals surface area contributed by atoms with Crippen molar-refractivity contribution in [3.05, 3.63) is 42.0 Å². The van der Waals surface area contributed by atoms with E-state index in [1.807, 2.05) is 13.8 Å². The first-order chi connectivity index (χ1) is 17.9. The van der Waals surface area contributed by atoms with Crippen molar-refractivity contribution in [3.8, 4) is 5.75 Å². The molecule has 0 bridgehead atoms. The number of aliphatic hydroxyl groups excluding tert-OH is 3. The van der Waals surface area contributed by atoms with Gasteiger partial charge in [-0.3, -0.25) is 9.59 Å². The summed E-state index contributed by atoms with van der Waals surface area (Å²) in [6, 6.07) is 4.33. The lowest BCUT2D eigenvalue weighted by Gasteiger charge is -2.29. The summed E-state index contributed by atoms with van der Waals surface area (Å²) < 4.78 is 46.7. The molecule has 6 atom stereocenters. The van der Waals surface area contributed by atoms with Gasteiger partial charge in [-0.15, -0.1) is 13.2 Å². The number of ether oxygens (including phenoxy) is 2. The van der Waals surface area contributed by atoms with Crippen LogP contribution in [0.15, 0.2) is 36.4 Å². The van der Waals surface area contributed by atoms with Gasteiger partial charge in [0.2, 0.25) is 5.91 Å². The largest absolute Gasteiger partial charge is 0.573 e. The quantitative estimate of drug-likeness (QED) is 0.296. The number of carbonyl (C=O) groups is 2. The van der Waals surface area contributed by atoms with Crippen LogP contribution in [0.25, 0.3) is 0 Å². The number of nitrogens with zero attached hydrogens (tertiary/aromatic N) is 1. The van der Waals surface area contributed by atoms with Crippen molar-refractivity contribution in [2.24, 2.45) is 5.92 Å². The Morgan fingerprint density at radius 3 is 2.55 bits per heavy atom. The van der Waals surface area contributed by atoms with Gasteiger partial charge in [-0.25, -0.2) is 0 Å². The Hall–Kier alpha value is -2.67. The van der Waals surface area contributed by atoms with E-state index >= 15 is 0 Å². The molecule has 0 radical (unpaired) electrons. The molecule has 0 aromatic heterocycles. The average molecular weight is 547 g/mol. The minimum absolute atomic E-state index is 0.00398. The molecule has 2 amide bonds. The third-order valence-electron chi connectivity index (χ3n) is 6.41. The molecule has 1 saturated heterocycles. The molecule has 38 heavy (non-hydrogen) atoms. The highest BCUT2D eigenvalue weighted by atomic mass is 19.4. The van der Waals surface area contributed by atoms with Crippen LogP contribution >= 0.6 is 0 Å². The van der Waals surface area contributed by atoms with Crippen molar-refractivity contribution in [1.82, 2.24) is 10.2 Å². The number of amides is 2. The van der Waals surface area contributed by atoms with Gasteiger partial charge in [0.05, 0.1) is 0 Å². The van der Waals surface area contributed by atoms with E-state index < -0.39 is 54.4 Å². The topological polar surface area (TPSA) is 129 Å². The zero-order valence-electron chi connectivity index (χ0n) is 21.7. The number of aliphatic hydroxyl groups is 3. The Labute approximate surface area is 220 Å².